The molecule has 1 heterocycles. The fourth-order valence-electron chi connectivity index (χ4n) is 3.09. The lowest BCUT2D eigenvalue weighted by molar-refractivity contribution is -0.119. The smallest absolute Gasteiger partial charge is 0.342 e. The zero-order valence-electron chi connectivity index (χ0n) is 15.4. The van der Waals surface area contributed by atoms with E-state index in [1.54, 1.807) is 19.1 Å². The van der Waals surface area contributed by atoms with E-state index in [-0.39, 0.29) is 17.9 Å². The topological polar surface area (TPSA) is 102 Å². The van der Waals surface area contributed by atoms with Crippen LogP contribution in [-0.2, 0) is 27.1 Å². The fraction of sp³-hybridized carbons (Fsp3) is 0.350. The molecular weight excluding hydrogens is 382 g/mol. The molecule has 1 aliphatic rings. The van der Waals surface area contributed by atoms with Crippen LogP contribution in [0.1, 0.15) is 50.9 Å². The Bertz CT molecular complexity index is 904. The molecule has 0 saturated carbocycles. The van der Waals surface area contributed by atoms with Crippen LogP contribution in [0.3, 0.4) is 0 Å². The van der Waals surface area contributed by atoms with Gasteiger partial charge in [-0.1, -0.05) is 12.1 Å². The van der Waals surface area contributed by atoms with E-state index in [9.17, 15) is 19.5 Å². The lowest BCUT2D eigenvalue weighted by Crippen LogP contribution is -2.22. The van der Waals surface area contributed by atoms with Gasteiger partial charge in [-0.3, -0.25) is 4.79 Å². The van der Waals surface area contributed by atoms with Gasteiger partial charge in [0.1, 0.15) is 16.3 Å². The quantitative estimate of drug-likeness (QED) is 0.718. The highest BCUT2D eigenvalue weighted by atomic mass is 32.1. The molecule has 0 atom stereocenters. The number of aryl methyl sites for hydroxylation is 1. The first-order valence-electron chi connectivity index (χ1n) is 9.07. The number of fused-ring (bicyclic) bond motifs is 1. The number of anilines is 1. The van der Waals surface area contributed by atoms with Gasteiger partial charge in [0.15, 0.2) is 6.61 Å². The average Bonchev–Trinajstić information content (AvgIpc) is 3.04. The van der Waals surface area contributed by atoms with Crippen molar-refractivity contribution in [3.05, 3.63) is 45.8 Å². The van der Waals surface area contributed by atoms with Crippen LogP contribution in [0.25, 0.3) is 0 Å². The molecular formula is C20H21NO6S. The van der Waals surface area contributed by atoms with Gasteiger partial charge in [0.25, 0.3) is 5.91 Å². The largest absolute Gasteiger partial charge is 0.507 e. The molecule has 0 bridgehead atoms. The second-order valence-electron chi connectivity index (χ2n) is 6.28. The van der Waals surface area contributed by atoms with Crippen LogP contribution >= 0.6 is 11.3 Å². The van der Waals surface area contributed by atoms with Gasteiger partial charge in [-0.25, -0.2) is 9.59 Å². The highest BCUT2D eigenvalue weighted by Crippen LogP contribution is 2.38. The van der Waals surface area contributed by atoms with Gasteiger partial charge in [0, 0.05) is 4.88 Å². The van der Waals surface area contributed by atoms with E-state index in [2.05, 4.69) is 5.32 Å². The van der Waals surface area contributed by atoms with E-state index in [1.807, 2.05) is 0 Å². The molecule has 1 aliphatic carbocycles. The van der Waals surface area contributed by atoms with E-state index < -0.39 is 24.5 Å². The number of carbonyl (C=O) groups is 3. The molecule has 1 aromatic carbocycles. The first-order chi connectivity index (χ1) is 13.5. The molecule has 0 unspecified atom stereocenters. The van der Waals surface area contributed by atoms with E-state index in [4.69, 9.17) is 9.47 Å². The maximum absolute atomic E-state index is 12.4. The van der Waals surface area contributed by atoms with Crippen LogP contribution in [0.15, 0.2) is 24.3 Å². The summed E-state index contributed by atoms with van der Waals surface area (Å²) in [5, 5.41) is 12.8. The number of thiophene rings is 1. The number of phenolic OH excluding ortho intramolecular Hbond substituents is 1. The Morgan fingerprint density at radius 2 is 1.86 bits per heavy atom. The first kappa shape index (κ1) is 19.9. The average molecular weight is 403 g/mol. The number of benzene rings is 1. The van der Waals surface area contributed by atoms with E-state index in [0.717, 1.165) is 36.1 Å². The van der Waals surface area contributed by atoms with E-state index in [0.29, 0.717) is 10.6 Å². The van der Waals surface area contributed by atoms with Gasteiger partial charge in [0.2, 0.25) is 0 Å². The van der Waals surface area contributed by atoms with Gasteiger partial charge in [-0.2, -0.15) is 0 Å². The molecule has 0 radical (unpaired) electrons. The summed E-state index contributed by atoms with van der Waals surface area (Å²) in [5.74, 6) is -2.04. The van der Waals surface area contributed by atoms with Crippen LogP contribution in [0, 0.1) is 0 Å². The number of para-hydroxylation sites is 1. The summed E-state index contributed by atoms with van der Waals surface area (Å²) < 4.78 is 10.1. The predicted octanol–water partition coefficient (Wildman–Crippen LogP) is 3.30. The van der Waals surface area contributed by atoms with Crippen molar-refractivity contribution < 1.29 is 29.0 Å². The number of ether oxygens (including phenoxy) is 2. The summed E-state index contributed by atoms with van der Waals surface area (Å²) in [7, 11) is 0. The third kappa shape index (κ3) is 4.33. The maximum Gasteiger partial charge on any atom is 0.342 e. The Kier molecular flexibility index (Phi) is 6.30. The lowest BCUT2D eigenvalue weighted by Gasteiger charge is -2.12. The number of phenols is 1. The molecule has 0 spiro atoms. The molecule has 2 aromatic rings. The summed E-state index contributed by atoms with van der Waals surface area (Å²) in [6.45, 7) is 1.44. The van der Waals surface area contributed by atoms with Crippen molar-refractivity contribution in [3.63, 3.8) is 0 Å². The number of hydrogen-bond acceptors (Lipinski definition) is 7. The number of carbonyl (C=O) groups excluding carboxylic acids is 3. The Hall–Kier alpha value is -2.87. The second kappa shape index (κ2) is 8.88. The minimum atomic E-state index is -0.802. The van der Waals surface area contributed by atoms with Crippen molar-refractivity contribution in [2.75, 3.05) is 18.5 Å². The third-order valence-corrected chi connectivity index (χ3v) is 5.57. The Labute approximate surface area is 166 Å². The van der Waals surface area contributed by atoms with Crippen molar-refractivity contribution in [2.24, 2.45) is 0 Å². The number of aromatic hydroxyl groups is 1. The summed E-state index contributed by atoms with van der Waals surface area (Å²) in [6.07, 6.45) is 3.67. The molecule has 1 aromatic heterocycles. The highest BCUT2D eigenvalue weighted by Gasteiger charge is 2.27. The molecule has 28 heavy (non-hydrogen) atoms. The van der Waals surface area contributed by atoms with Gasteiger partial charge in [-0.15, -0.1) is 11.3 Å². The van der Waals surface area contributed by atoms with Gasteiger partial charge in [0.05, 0.1) is 12.2 Å². The standard InChI is InChI=1S/C20H21NO6S/c1-2-26-20(25)17-13-8-4-6-10-15(13)28-18(17)21-16(23)11-27-19(24)12-7-3-5-9-14(12)22/h3,5,7,9,22H,2,4,6,8,10-11H2,1H3,(H,21,23). The molecule has 7 nitrogen and oxygen atoms in total. The lowest BCUT2D eigenvalue weighted by atomic mass is 9.95. The second-order valence-corrected chi connectivity index (χ2v) is 7.38. The van der Waals surface area contributed by atoms with Crippen molar-refractivity contribution in [1.82, 2.24) is 0 Å². The molecule has 0 aliphatic heterocycles. The summed E-state index contributed by atoms with van der Waals surface area (Å²) >= 11 is 1.36. The van der Waals surface area contributed by atoms with Crippen LogP contribution in [0.4, 0.5) is 5.00 Å². The normalized spacial score (nSPS) is 12.8. The van der Waals surface area contributed by atoms with Crippen LogP contribution in [0.5, 0.6) is 5.75 Å². The van der Waals surface area contributed by atoms with Crippen molar-refractivity contribution in [1.29, 1.82) is 0 Å². The molecule has 3 rings (SSSR count). The molecule has 0 saturated heterocycles. The Morgan fingerprint density at radius 1 is 1.11 bits per heavy atom. The number of amides is 1. The fourth-order valence-corrected chi connectivity index (χ4v) is 4.38. The summed E-state index contributed by atoms with van der Waals surface area (Å²) in [4.78, 5) is 37.8. The Balaban J connectivity index is 1.70. The number of rotatable bonds is 6. The number of nitrogens with one attached hydrogen (secondary N) is 1. The number of esters is 2. The highest BCUT2D eigenvalue weighted by molar-refractivity contribution is 7.17. The van der Waals surface area contributed by atoms with Gasteiger partial charge in [-0.05, 0) is 50.3 Å². The third-order valence-electron chi connectivity index (χ3n) is 4.36. The molecule has 1 amide bonds. The van der Waals surface area contributed by atoms with Crippen LogP contribution in [0.2, 0.25) is 0 Å². The zero-order chi connectivity index (χ0) is 20.1. The van der Waals surface area contributed by atoms with Crippen LogP contribution < -0.4 is 5.32 Å². The molecule has 0 fully saturated rings. The maximum atomic E-state index is 12.4. The van der Waals surface area contributed by atoms with Gasteiger partial charge >= 0.3 is 11.9 Å². The minimum absolute atomic E-state index is 0.0194. The van der Waals surface area contributed by atoms with Crippen molar-refractivity contribution >= 4 is 34.2 Å². The van der Waals surface area contributed by atoms with Gasteiger partial charge < -0.3 is 19.9 Å². The minimum Gasteiger partial charge on any atom is -0.507 e. The number of hydrogen-bond donors (Lipinski definition) is 2. The first-order valence-corrected chi connectivity index (χ1v) is 9.89. The van der Waals surface area contributed by atoms with Crippen molar-refractivity contribution in [3.8, 4) is 5.75 Å². The molecule has 2 N–H and O–H groups in total. The summed E-state index contributed by atoms with van der Waals surface area (Å²) in [6, 6.07) is 5.92. The van der Waals surface area contributed by atoms with Crippen LogP contribution in [-0.4, -0.2) is 36.2 Å². The molecule has 8 heteroatoms. The SMILES string of the molecule is CCOC(=O)c1c(NC(=O)COC(=O)c2ccccc2O)sc2c1CCCC2. The zero-order valence-corrected chi connectivity index (χ0v) is 16.3. The monoisotopic (exact) mass is 403 g/mol. The molecule has 148 valence electrons. The summed E-state index contributed by atoms with van der Waals surface area (Å²) in [5.41, 5.74) is 1.33. The van der Waals surface area contributed by atoms with E-state index >= 15 is 0 Å². The van der Waals surface area contributed by atoms with Crippen molar-refractivity contribution in [2.45, 2.75) is 32.6 Å². The van der Waals surface area contributed by atoms with E-state index in [1.165, 1.54) is 23.5 Å². The predicted molar refractivity (Wildman–Crippen MR) is 104 cm³/mol. The Morgan fingerprint density at radius 3 is 2.61 bits per heavy atom.